The Kier molecular flexibility index (Phi) is 16.8. The van der Waals surface area contributed by atoms with Crippen LogP contribution in [0.1, 0.15) is 10.4 Å². The summed E-state index contributed by atoms with van der Waals surface area (Å²) in [6.45, 7) is 0. The minimum atomic E-state index is -0.958. The fourth-order valence-electron chi connectivity index (χ4n) is 1.05. The van der Waals surface area contributed by atoms with Gasteiger partial charge in [-0.25, -0.2) is 4.79 Å². The number of aromatic carboxylic acids is 1. The molecule has 2 rings (SSSR count). The second kappa shape index (κ2) is 16.5. The van der Waals surface area contributed by atoms with Gasteiger partial charge < -0.3 is 16.6 Å². The van der Waals surface area contributed by atoms with E-state index in [0.29, 0.717) is 11.4 Å². The van der Waals surface area contributed by atoms with Gasteiger partial charge in [-0.15, -0.1) is 11.4 Å². The van der Waals surface area contributed by atoms with Crippen LogP contribution in [0.4, 0.5) is 11.4 Å². The van der Waals surface area contributed by atoms with E-state index in [9.17, 15) is 4.79 Å². The summed E-state index contributed by atoms with van der Waals surface area (Å²) in [4.78, 5) is 26.5. The molecule has 3 N–H and O–H groups in total. The summed E-state index contributed by atoms with van der Waals surface area (Å²) in [6, 6.07) is 14.8. The zero-order chi connectivity index (χ0) is 18.1. The number of carbonyl (C=O) groups is 1. The van der Waals surface area contributed by atoms with Gasteiger partial charge in [-0.3, -0.25) is 0 Å². The number of carboxylic acid groups (broad SMARTS) is 1. The Morgan fingerprint density at radius 1 is 0.913 bits per heavy atom. The van der Waals surface area contributed by atoms with E-state index in [4.69, 9.17) is 45.0 Å². The Hall–Kier alpha value is -1.84. The third-order valence-corrected chi connectivity index (χ3v) is 1.91. The van der Waals surface area contributed by atoms with E-state index in [0.717, 1.165) is 0 Å². The third-order valence-electron chi connectivity index (χ3n) is 1.91. The molecule has 6 nitrogen and oxygen atoms in total. The largest absolute Gasteiger partial charge is 0.699 e. The molecule has 0 radical (unpaired) electrons. The number of halogens is 2. The van der Waals surface area contributed by atoms with Gasteiger partial charge in [-0.1, -0.05) is 42.5 Å². The molecule has 23 heavy (non-hydrogen) atoms. The van der Waals surface area contributed by atoms with Gasteiger partial charge in [-0.05, 0) is 12.1 Å². The first-order chi connectivity index (χ1) is 10.9. The fourth-order valence-corrected chi connectivity index (χ4v) is 1.05. The summed E-state index contributed by atoms with van der Waals surface area (Å²) < 4.78 is 0. The van der Waals surface area contributed by atoms with Crippen LogP contribution in [0.3, 0.4) is 0 Å². The molecule has 9 heteroatoms. The molecule has 0 aliphatic rings. The number of rotatable bonds is 1. The smallest absolute Gasteiger partial charge is 0.335 e. The summed E-state index contributed by atoms with van der Waals surface area (Å²) in [5.74, 6) is -0.958. The Morgan fingerprint density at radius 2 is 1.26 bits per heavy atom. The monoisotopic (exact) mass is 537 g/mol. The number of nitrogens with one attached hydrogen (secondary N) is 2. The van der Waals surface area contributed by atoms with Crippen molar-refractivity contribution in [3.63, 3.8) is 0 Å². The maximum absolute atomic E-state index is 10.3. The molecule has 2 aromatic rings. The number of benzene rings is 2. The van der Waals surface area contributed by atoms with E-state index in [1.807, 2.05) is 18.2 Å². The van der Waals surface area contributed by atoms with Crippen molar-refractivity contribution in [3.05, 3.63) is 71.6 Å². The molecule has 0 amide bonds. The summed E-state index contributed by atoms with van der Waals surface area (Å²) in [7, 11) is 9.75. The van der Waals surface area contributed by atoms with Crippen LogP contribution in [0.5, 0.6) is 0 Å². The predicted molar refractivity (Wildman–Crippen MR) is 84.5 cm³/mol. The van der Waals surface area contributed by atoms with E-state index in [2.05, 4.69) is 0 Å². The first-order valence-electron chi connectivity index (χ1n) is 5.56. The Morgan fingerprint density at radius 3 is 1.52 bits per heavy atom. The molecule has 0 bridgehead atoms. The quantitative estimate of drug-likeness (QED) is 0.535. The summed E-state index contributed by atoms with van der Waals surface area (Å²) in [5, 5.41) is 8.41. The number of hydrogen-bond donors (Lipinski definition) is 1. The summed E-state index contributed by atoms with van der Waals surface area (Å²) in [6.07, 6.45) is 0.250. The van der Waals surface area contributed by atoms with Crippen LogP contribution < -0.4 is 0 Å². The van der Waals surface area contributed by atoms with Gasteiger partial charge in [-0.2, -0.15) is 9.59 Å². The maximum atomic E-state index is 10.3. The van der Waals surface area contributed by atoms with Crippen molar-refractivity contribution in [2.45, 2.75) is 0 Å². The first kappa shape index (κ1) is 23.4. The number of carboxylic acids is 1. The van der Waals surface area contributed by atoms with Gasteiger partial charge >= 0.3 is 47.4 Å². The van der Waals surface area contributed by atoms with Crippen molar-refractivity contribution in [2.75, 3.05) is 0 Å². The van der Waals surface area contributed by atoms with Crippen molar-refractivity contribution in [1.29, 1.82) is 0 Å². The molecule has 0 aromatic heterocycles. The average Bonchev–Trinajstić information content (AvgIpc) is 2.51. The molecule has 0 saturated heterocycles. The number of carbonyl (C=O) groups excluding carboxylic acids is 2. The molecular weight excluding hydrogens is 526 g/mol. The van der Waals surface area contributed by atoms with E-state index >= 15 is 0 Å². The summed E-state index contributed by atoms with van der Waals surface area (Å²) in [5.41, 5.74) is 15.1. The van der Waals surface area contributed by atoms with Gasteiger partial charge in [0.05, 0.1) is 5.56 Å². The summed E-state index contributed by atoms with van der Waals surface area (Å²) >= 11 is -0.472. The van der Waals surface area contributed by atoms with Crippen LogP contribution in [0.2, 0.25) is 0 Å². The Bertz CT molecular complexity index is 577. The van der Waals surface area contributed by atoms with Gasteiger partial charge in [0.25, 0.3) is 0 Å². The maximum Gasteiger partial charge on any atom is 0.335 e. The first-order valence-corrected chi connectivity index (χ1v) is 11.2. The third kappa shape index (κ3) is 16.4. The molecule has 0 saturated carbocycles. The van der Waals surface area contributed by atoms with E-state index in [1.54, 1.807) is 12.1 Å². The van der Waals surface area contributed by atoms with Crippen LogP contribution in [-0.4, -0.2) is 17.2 Å². The van der Waals surface area contributed by atoms with E-state index in [-0.39, 0.29) is 11.7 Å². The van der Waals surface area contributed by atoms with Crippen molar-refractivity contribution in [1.82, 2.24) is 0 Å². The normalized spacial score (nSPS) is 7.91. The molecule has 0 atom stereocenters. The molecule has 0 aliphatic carbocycles. The van der Waals surface area contributed by atoms with Crippen molar-refractivity contribution < 1.29 is 36.0 Å². The van der Waals surface area contributed by atoms with Crippen LogP contribution >= 0.6 is 18.8 Å². The molecule has 0 aliphatic heterocycles. The topological polar surface area (TPSA) is 119 Å². The van der Waals surface area contributed by atoms with Crippen molar-refractivity contribution in [3.8, 4) is 0 Å². The van der Waals surface area contributed by atoms with Crippen LogP contribution in [0.15, 0.2) is 54.6 Å². The SMILES string of the molecule is O=C=O.[Cl][Pt+2][Cl].[NH-]c1ccc(C(=O)O)cc1.[NH-]c1ccccc1. The molecular formula is C14H12Cl2N2O4Pt. The molecule has 126 valence electrons. The minimum absolute atomic E-state index is 0.219. The second-order valence-electron chi connectivity index (χ2n) is 3.38. The number of hydrogen-bond acceptors (Lipinski definition) is 3. The Balaban J connectivity index is 0. The van der Waals surface area contributed by atoms with Crippen molar-refractivity contribution in [2.24, 2.45) is 0 Å². The van der Waals surface area contributed by atoms with Crippen molar-refractivity contribution >= 4 is 42.3 Å². The van der Waals surface area contributed by atoms with Gasteiger partial charge in [0.2, 0.25) is 0 Å². The predicted octanol–water partition coefficient (Wildman–Crippen LogP) is 5.23. The fraction of sp³-hybridized carbons (Fsp3) is 0. The van der Waals surface area contributed by atoms with Crippen LogP contribution in [0.25, 0.3) is 11.5 Å². The molecule has 0 spiro atoms. The van der Waals surface area contributed by atoms with Gasteiger partial charge in [0.1, 0.15) is 0 Å². The zero-order valence-corrected chi connectivity index (χ0v) is 15.2. The van der Waals surface area contributed by atoms with Gasteiger partial charge in [0.15, 0.2) is 0 Å². The standard InChI is InChI=1S/C7H6NO2.C6H6N.CO2.2ClH.Pt/c8-6-3-1-5(2-4-6)7(9)10;7-6-4-2-1-3-5-6;2-1-3;;;/h1-4,8H,(H,9,10);1-5,7H;;2*1H;/q2*-1;;;;+4/p-2. The molecule has 2 aromatic carbocycles. The minimum Gasteiger partial charge on any atom is -0.699 e. The van der Waals surface area contributed by atoms with Crippen LogP contribution in [0, 0.1) is 0 Å². The Labute approximate surface area is 149 Å². The molecule has 0 fully saturated rings. The van der Waals surface area contributed by atoms with Gasteiger partial charge in [0, 0.05) is 0 Å². The van der Waals surface area contributed by atoms with E-state index in [1.165, 1.54) is 24.3 Å². The molecule has 0 heterocycles. The van der Waals surface area contributed by atoms with Crippen LogP contribution in [-0.2, 0) is 26.1 Å². The van der Waals surface area contributed by atoms with E-state index < -0.39 is 22.5 Å². The zero-order valence-electron chi connectivity index (χ0n) is 11.4. The molecule has 0 unspecified atom stereocenters. The second-order valence-corrected chi connectivity index (χ2v) is 6.66. The average molecular weight is 538 g/mol.